The lowest BCUT2D eigenvalue weighted by atomic mass is 10.0. The van der Waals surface area contributed by atoms with Gasteiger partial charge in [-0.1, -0.05) is 30.3 Å². The van der Waals surface area contributed by atoms with Crippen molar-refractivity contribution in [3.63, 3.8) is 0 Å². The fourth-order valence-electron chi connectivity index (χ4n) is 2.01. The van der Waals surface area contributed by atoms with Crippen molar-refractivity contribution in [2.45, 2.75) is 32.9 Å². The summed E-state index contributed by atoms with van der Waals surface area (Å²) in [5.74, 6) is 0. The van der Waals surface area contributed by atoms with Gasteiger partial charge in [-0.25, -0.2) is 5.01 Å². The molecule has 2 rings (SSSR count). The van der Waals surface area contributed by atoms with Gasteiger partial charge in [-0.2, -0.15) is 0 Å². The molecule has 2 heteroatoms. The number of allylic oxidation sites excluding steroid dienone is 1. The average molecular weight is 202 g/mol. The number of rotatable bonds is 2. The fraction of sp³-hybridized carbons (Fsp3) is 0.385. The number of hydrogen-bond acceptors (Lipinski definition) is 2. The van der Waals surface area contributed by atoms with Crippen LogP contribution in [0.25, 0.3) is 0 Å². The van der Waals surface area contributed by atoms with Crippen LogP contribution in [0.15, 0.2) is 42.1 Å². The van der Waals surface area contributed by atoms with E-state index in [1.165, 1.54) is 11.3 Å². The van der Waals surface area contributed by atoms with Gasteiger partial charge in [0.05, 0.1) is 5.54 Å². The average Bonchev–Trinajstić information content (AvgIpc) is 2.41. The van der Waals surface area contributed by atoms with Crippen molar-refractivity contribution >= 4 is 0 Å². The molecular weight excluding hydrogens is 184 g/mol. The van der Waals surface area contributed by atoms with Gasteiger partial charge < -0.3 is 5.43 Å². The van der Waals surface area contributed by atoms with E-state index < -0.39 is 0 Å². The van der Waals surface area contributed by atoms with Crippen molar-refractivity contribution in [1.82, 2.24) is 10.4 Å². The molecule has 0 radical (unpaired) electrons. The molecule has 0 aromatic heterocycles. The highest BCUT2D eigenvalue weighted by molar-refractivity contribution is 5.19. The first-order valence-electron chi connectivity index (χ1n) is 5.36. The third-order valence-electron chi connectivity index (χ3n) is 2.76. The highest BCUT2D eigenvalue weighted by atomic mass is 15.6. The van der Waals surface area contributed by atoms with Crippen molar-refractivity contribution in [2.24, 2.45) is 0 Å². The molecule has 0 aliphatic carbocycles. The smallest absolute Gasteiger partial charge is 0.0548 e. The lowest BCUT2D eigenvalue weighted by Crippen LogP contribution is -2.44. The van der Waals surface area contributed by atoms with Gasteiger partial charge in [0.15, 0.2) is 0 Å². The van der Waals surface area contributed by atoms with Crippen molar-refractivity contribution in [3.05, 3.63) is 47.7 Å². The molecule has 15 heavy (non-hydrogen) atoms. The minimum Gasteiger partial charge on any atom is -0.322 e. The summed E-state index contributed by atoms with van der Waals surface area (Å²) in [5, 5.41) is 2.26. The molecule has 0 fully saturated rings. The summed E-state index contributed by atoms with van der Waals surface area (Å²) >= 11 is 0. The Kier molecular flexibility index (Phi) is 2.53. The monoisotopic (exact) mass is 202 g/mol. The molecule has 0 saturated heterocycles. The van der Waals surface area contributed by atoms with E-state index in [1.54, 1.807) is 0 Å². The van der Waals surface area contributed by atoms with Crippen molar-refractivity contribution in [1.29, 1.82) is 0 Å². The van der Waals surface area contributed by atoms with Gasteiger partial charge in [0, 0.05) is 12.2 Å². The first-order valence-corrected chi connectivity index (χ1v) is 5.36. The molecule has 1 aliphatic heterocycles. The summed E-state index contributed by atoms with van der Waals surface area (Å²) in [6.07, 6.45) is 2.26. The van der Waals surface area contributed by atoms with E-state index in [0.29, 0.717) is 0 Å². The standard InChI is InChI=1S/C13H18N2/c1-11-9-13(2,3)15(14-11)10-12-7-5-4-6-8-12/h4-9,14H,10H2,1-3H3. The molecule has 0 atom stereocenters. The van der Waals surface area contributed by atoms with Gasteiger partial charge in [-0.3, -0.25) is 0 Å². The molecule has 0 amide bonds. The van der Waals surface area contributed by atoms with Crippen LogP contribution in [-0.2, 0) is 6.54 Å². The first kappa shape index (κ1) is 10.2. The summed E-state index contributed by atoms with van der Waals surface area (Å²) in [6.45, 7) is 7.48. The maximum Gasteiger partial charge on any atom is 0.0548 e. The second kappa shape index (κ2) is 3.70. The topological polar surface area (TPSA) is 15.3 Å². The SMILES string of the molecule is CC1=CC(C)(C)N(Cc2ccccc2)N1. The third-order valence-corrected chi connectivity index (χ3v) is 2.76. The van der Waals surface area contributed by atoms with E-state index >= 15 is 0 Å². The minimum atomic E-state index is 0.0971. The zero-order chi connectivity index (χ0) is 10.9. The fourth-order valence-corrected chi connectivity index (χ4v) is 2.01. The van der Waals surface area contributed by atoms with Crippen LogP contribution in [0.2, 0.25) is 0 Å². The molecular formula is C13H18N2. The van der Waals surface area contributed by atoms with E-state index in [2.05, 4.69) is 67.6 Å². The van der Waals surface area contributed by atoms with Crippen LogP contribution in [0.3, 0.4) is 0 Å². The zero-order valence-electron chi connectivity index (χ0n) is 9.62. The van der Waals surface area contributed by atoms with Gasteiger partial charge in [-0.05, 0) is 32.4 Å². The zero-order valence-corrected chi connectivity index (χ0v) is 9.62. The third kappa shape index (κ3) is 2.21. The molecule has 1 aliphatic rings. The van der Waals surface area contributed by atoms with Gasteiger partial charge in [0.2, 0.25) is 0 Å². The Balaban J connectivity index is 2.09. The number of nitrogens with one attached hydrogen (secondary N) is 1. The van der Waals surface area contributed by atoms with Crippen LogP contribution in [-0.4, -0.2) is 10.5 Å². The molecule has 1 aromatic carbocycles. The quantitative estimate of drug-likeness (QED) is 0.793. The number of hydrazine groups is 1. The largest absolute Gasteiger partial charge is 0.322 e. The molecule has 80 valence electrons. The number of nitrogens with zero attached hydrogens (tertiary/aromatic N) is 1. The van der Waals surface area contributed by atoms with Crippen LogP contribution in [0.1, 0.15) is 26.3 Å². The number of hydrogen-bond donors (Lipinski definition) is 1. The van der Waals surface area contributed by atoms with Crippen molar-refractivity contribution < 1.29 is 0 Å². The summed E-state index contributed by atoms with van der Waals surface area (Å²) in [6, 6.07) is 10.5. The molecule has 0 spiro atoms. The predicted molar refractivity (Wildman–Crippen MR) is 63.0 cm³/mol. The van der Waals surface area contributed by atoms with Crippen LogP contribution in [0.5, 0.6) is 0 Å². The highest BCUT2D eigenvalue weighted by Gasteiger charge is 2.29. The van der Waals surface area contributed by atoms with Crippen molar-refractivity contribution in [2.75, 3.05) is 0 Å². The Hall–Kier alpha value is -1.28. The molecule has 0 saturated carbocycles. The summed E-state index contributed by atoms with van der Waals surface area (Å²) in [4.78, 5) is 0. The van der Waals surface area contributed by atoms with Crippen LogP contribution >= 0.6 is 0 Å². The summed E-state index contributed by atoms with van der Waals surface area (Å²) in [7, 11) is 0. The first-order chi connectivity index (χ1) is 7.08. The van der Waals surface area contributed by atoms with Gasteiger partial charge in [0.25, 0.3) is 0 Å². The minimum absolute atomic E-state index is 0.0971. The lowest BCUT2D eigenvalue weighted by Gasteiger charge is -2.30. The van der Waals surface area contributed by atoms with Gasteiger partial charge >= 0.3 is 0 Å². The van der Waals surface area contributed by atoms with E-state index in [-0.39, 0.29) is 5.54 Å². The van der Waals surface area contributed by atoms with Gasteiger partial charge in [0.1, 0.15) is 0 Å². The van der Waals surface area contributed by atoms with E-state index in [0.717, 1.165) is 6.54 Å². The van der Waals surface area contributed by atoms with Crippen LogP contribution in [0.4, 0.5) is 0 Å². The maximum atomic E-state index is 3.39. The van der Waals surface area contributed by atoms with E-state index in [4.69, 9.17) is 0 Å². The van der Waals surface area contributed by atoms with Crippen LogP contribution in [0, 0.1) is 0 Å². The predicted octanol–water partition coefficient (Wildman–Crippen LogP) is 2.69. The highest BCUT2D eigenvalue weighted by Crippen LogP contribution is 2.24. The Morgan fingerprint density at radius 2 is 1.87 bits per heavy atom. The normalized spacial score (nSPS) is 19.8. The summed E-state index contributed by atoms with van der Waals surface area (Å²) < 4.78 is 0. The second-order valence-corrected chi connectivity index (χ2v) is 4.66. The second-order valence-electron chi connectivity index (χ2n) is 4.66. The lowest BCUT2D eigenvalue weighted by molar-refractivity contribution is 0.126. The molecule has 1 N–H and O–H groups in total. The number of benzene rings is 1. The van der Waals surface area contributed by atoms with Crippen LogP contribution < -0.4 is 5.43 Å². The maximum absolute atomic E-state index is 3.39. The van der Waals surface area contributed by atoms with Gasteiger partial charge in [-0.15, -0.1) is 0 Å². The Morgan fingerprint density at radius 3 is 2.40 bits per heavy atom. The molecule has 2 nitrogen and oxygen atoms in total. The van der Waals surface area contributed by atoms with E-state index in [1.807, 2.05) is 0 Å². The molecule has 1 heterocycles. The molecule has 0 unspecified atom stereocenters. The Bertz CT molecular complexity index is 365. The van der Waals surface area contributed by atoms with E-state index in [9.17, 15) is 0 Å². The Morgan fingerprint density at radius 1 is 1.20 bits per heavy atom. The summed E-state index contributed by atoms with van der Waals surface area (Å²) in [5.41, 5.74) is 6.05. The Labute approximate surface area is 91.6 Å². The van der Waals surface area contributed by atoms with Crippen molar-refractivity contribution in [3.8, 4) is 0 Å². The molecule has 1 aromatic rings. The molecule has 0 bridgehead atoms.